The van der Waals surface area contributed by atoms with Crippen molar-refractivity contribution < 1.29 is 31.1 Å². The Morgan fingerprint density at radius 2 is 1.75 bits per heavy atom. The van der Waals surface area contributed by atoms with Crippen molar-refractivity contribution in [2.45, 2.75) is 32.6 Å². The van der Waals surface area contributed by atoms with Crippen LogP contribution >= 0.6 is 0 Å². The zero-order valence-corrected chi connectivity index (χ0v) is 9.65. The molecule has 0 atom stereocenters. The first-order valence-electron chi connectivity index (χ1n) is 3.21. The molecule has 0 N–H and O–H groups in total. The molecule has 0 nitrogen and oxygen atoms in total. The number of rotatable bonds is 0. The maximum atomic E-state index is 2.40. The van der Waals surface area contributed by atoms with Crippen LogP contribution in [-0.2, 0) is 0 Å². The fraction of sp³-hybridized carbons (Fsp3) is 0.857. The fourth-order valence-electron chi connectivity index (χ4n) is 1.09. The predicted molar refractivity (Wildman–Crippen MR) is 31.9 cm³/mol. The van der Waals surface area contributed by atoms with Gasteiger partial charge in [-0.15, -0.1) is 0 Å². The van der Waals surface area contributed by atoms with Crippen LogP contribution in [0.2, 0.25) is 0 Å². The normalized spacial score (nSPS) is 22.1. The van der Waals surface area contributed by atoms with E-state index in [-0.39, 0.29) is 31.1 Å². The van der Waals surface area contributed by atoms with E-state index < -0.39 is 0 Å². The Morgan fingerprint density at radius 1 is 1.25 bits per heavy atom. The summed E-state index contributed by atoms with van der Waals surface area (Å²) in [5.41, 5.74) is 0. The third-order valence-electron chi connectivity index (χ3n) is 1.73. The zero-order valence-electron chi connectivity index (χ0n) is 5.48. The average molecular weight is 335 g/mol. The Morgan fingerprint density at radius 3 is 2.00 bits per heavy atom. The van der Waals surface area contributed by atoms with Gasteiger partial charge in [-0.1, -0.05) is 19.8 Å². The van der Waals surface area contributed by atoms with Gasteiger partial charge in [0, 0.05) is 0 Å². The smallest absolute Gasteiger partial charge is 0.328 e. The molecular formula is C7H13U+. The molecule has 1 aliphatic carbocycles. The molecule has 0 aromatic rings. The summed E-state index contributed by atoms with van der Waals surface area (Å²) in [5, 5.41) is 0. The topological polar surface area (TPSA) is 0 Å². The van der Waals surface area contributed by atoms with Gasteiger partial charge in [0.2, 0.25) is 0 Å². The number of hydrogen-bond donors (Lipinski definition) is 0. The summed E-state index contributed by atoms with van der Waals surface area (Å²) in [7, 11) is 0. The third-order valence-corrected chi connectivity index (χ3v) is 1.73. The van der Waals surface area contributed by atoms with E-state index in [2.05, 4.69) is 13.3 Å². The molecule has 0 amide bonds. The molecule has 1 aliphatic rings. The average Bonchev–Trinajstić information content (AvgIpc) is 1.69. The van der Waals surface area contributed by atoms with Gasteiger partial charge in [-0.2, -0.15) is 12.8 Å². The molecule has 0 aromatic heterocycles. The van der Waals surface area contributed by atoms with Crippen molar-refractivity contribution in [2.24, 2.45) is 5.92 Å². The summed E-state index contributed by atoms with van der Waals surface area (Å²) >= 11 is 0. The SMILES string of the molecule is CC1CC[CH-]CC1.[U+2]. The van der Waals surface area contributed by atoms with Crippen LogP contribution in [0.15, 0.2) is 0 Å². The molecule has 0 bridgehead atoms. The van der Waals surface area contributed by atoms with Crippen molar-refractivity contribution in [3.63, 3.8) is 0 Å². The van der Waals surface area contributed by atoms with Crippen LogP contribution in [-0.4, -0.2) is 0 Å². The monoisotopic (exact) mass is 335 g/mol. The largest absolute Gasteiger partial charge is 2.00 e. The summed E-state index contributed by atoms with van der Waals surface area (Å²) in [6, 6.07) is 0. The maximum absolute atomic E-state index is 2.40. The second-order valence-corrected chi connectivity index (χ2v) is 2.55. The van der Waals surface area contributed by atoms with Crippen molar-refractivity contribution in [2.75, 3.05) is 0 Å². The standard InChI is InChI=1S/C7H13.U/c1-7-5-3-2-4-6-7;/h2,7H,3-6H2,1H3;/q-1;+2. The maximum Gasteiger partial charge on any atom is 2.00 e. The molecule has 0 aliphatic heterocycles. The zero-order chi connectivity index (χ0) is 5.11. The molecule has 1 rings (SSSR count). The Hall–Kier alpha value is 1.05. The molecule has 0 unspecified atom stereocenters. The van der Waals surface area contributed by atoms with Crippen molar-refractivity contribution in [1.29, 1.82) is 0 Å². The minimum Gasteiger partial charge on any atom is -0.328 e. The van der Waals surface area contributed by atoms with E-state index in [1.807, 2.05) is 0 Å². The van der Waals surface area contributed by atoms with Gasteiger partial charge in [0.25, 0.3) is 0 Å². The molecule has 1 saturated carbocycles. The Balaban J connectivity index is 0.000000490. The van der Waals surface area contributed by atoms with Crippen molar-refractivity contribution in [3.8, 4) is 0 Å². The molecular weight excluding hydrogens is 322 g/mol. The van der Waals surface area contributed by atoms with E-state index in [1.165, 1.54) is 25.7 Å². The second kappa shape index (κ2) is 4.89. The van der Waals surface area contributed by atoms with Gasteiger partial charge in [0.05, 0.1) is 0 Å². The molecule has 0 aromatic carbocycles. The summed E-state index contributed by atoms with van der Waals surface area (Å²) in [4.78, 5) is 0. The quantitative estimate of drug-likeness (QED) is 0.597. The summed E-state index contributed by atoms with van der Waals surface area (Å²) in [6.07, 6.45) is 7.99. The minimum atomic E-state index is 0. The molecule has 1 fully saturated rings. The van der Waals surface area contributed by atoms with Crippen LogP contribution < -0.4 is 0 Å². The van der Waals surface area contributed by atoms with Crippen LogP contribution in [0.5, 0.6) is 0 Å². The van der Waals surface area contributed by atoms with Gasteiger partial charge in [0.1, 0.15) is 0 Å². The second-order valence-electron chi connectivity index (χ2n) is 2.55. The van der Waals surface area contributed by atoms with Gasteiger partial charge >= 0.3 is 31.1 Å². The van der Waals surface area contributed by atoms with E-state index in [4.69, 9.17) is 0 Å². The molecule has 44 valence electrons. The third kappa shape index (κ3) is 3.15. The summed E-state index contributed by atoms with van der Waals surface area (Å²) in [6.45, 7) is 2.34. The van der Waals surface area contributed by atoms with Gasteiger partial charge in [-0.3, -0.25) is 0 Å². The van der Waals surface area contributed by atoms with E-state index in [9.17, 15) is 0 Å². The van der Waals surface area contributed by atoms with Crippen LogP contribution in [0.1, 0.15) is 32.6 Å². The van der Waals surface area contributed by atoms with Gasteiger partial charge in [0.15, 0.2) is 0 Å². The first-order chi connectivity index (χ1) is 3.39. The molecule has 0 heterocycles. The minimum absolute atomic E-state index is 0. The molecule has 0 saturated heterocycles. The molecule has 8 heavy (non-hydrogen) atoms. The Labute approximate surface area is 75.8 Å². The predicted octanol–water partition coefficient (Wildman–Crippen LogP) is 2.40. The van der Waals surface area contributed by atoms with Crippen LogP contribution in [0, 0.1) is 43.5 Å². The van der Waals surface area contributed by atoms with Gasteiger partial charge in [-0.25, -0.2) is 0 Å². The molecule has 0 spiro atoms. The van der Waals surface area contributed by atoms with E-state index >= 15 is 0 Å². The fourth-order valence-corrected chi connectivity index (χ4v) is 1.09. The Bertz CT molecular complexity index is 46.3. The number of hydrogen-bond acceptors (Lipinski definition) is 0. The Kier molecular flexibility index (Phi) is 5.53. The molecule has 1 heteroatoms. The summed E-state index contributed by atoms with van der Waals surface area (Å²) in [5.74, 6) is 1.00. The van der Waals surface area contributed by atoms with Gasteiger partial charge < -0.3 is 6.42 Å². The van der Waals surface area contributed by atoms with Crippen LogP contribution in [0.4, 0.5) is 0 Å². The van der Waals surface area contributed by atoms with Crippen molar-refractivity contribution >= 4 is 0 Å². The van der Waals surface area contributed by atoms with Crippen LogP contribution in [0.25, 0.3) is 0 Å². The van der Waals surface area contributed by atoms with Crippen LogP contribution in [0.3, 0.4) is 0 Å². The van der Waals surface area contributed by atoms with E-state index in [0.29, 0.717) is 0 Å². The van der Waals surface area contributed by atoms with Crippen molar-refractivity contribution in [3.05, 3.63) is 6.42 Å². The van der Waals surface area contributed by atoms with Crippen molar-refractivity contribution in [1.82, 2.24) is 0 Å². The van der Waals surface area contributed by atoms with Gasteiger partial charge in [-0.05, 0) is 5.92 Å². The van der Waals surface area contributed by atoms with E-state index in [1.54, 1.807) is 0 Å². The first kappa shape index (κ1) is 9.05. The molecule has 0 radical (unpaired) electrons. The van der Waals surface area contributed by atoms with E-state index in [0.717, 1.165) is 5.92 Å². The first-order valence-corrected chi connectivity index (χ1v) is 3.21. The summed E-state index contributed by atoms with van der Waals surface area (Å²) < 4.78 is 0.